The Labute approximate surface area is 81.0 Å². The molecular formula is C9H11NO2S. The number of carbonyl (C=O) groups excluding carboxylic acids is 2. The van der Waals surface area contributed by atoms with E-state index in [9.17, 15) is 9.59 Å². The molecule has 70 valence electrons. The average Bonchev–Trinajstić information content (AvgIpc) is 2.58. The minimum atomic E-state index is -0.172. The van der Waals surface area contributed by atoms with Crippen LogP contribution >= 0.6 is 11.8 Å². The molecule has 1 atom stereocenters. The number of thioether (sulfide) groups is 1. The molecule has 13 heavy (non-hydrogen) atoms. The van der Waals surface area contributed by atoms with Crippen molar-refractivity contribution in [1.29, 1.82) is 0 Å². The predicted molar refractivity (Wildman–Crippen MR) is 51.3 cm³/mol. The van der Waals surface area contributed by atoms with Crippen LogP contribution < -0.4 is 5.32 Å². The highest BCUT2D eigenvalue weighted by molar-refractivity contribution is 8.00. The van der Waals surface area contributed by atoms with Crippen LogP contribution in [0.5, 0.6) is 0 Å². The summed E-state index contributed by atoms with van der Waals surface area (Å²) in [6.45, 7) is 2.15. The van der Waals surface area contributed by atoms with Crippen LogP contribution in [0.1, 0.15) is 19.8 Å². The van der Waals surface area contributed by atoms with Gasteiger partial charge in [-0.15, -0.1) is 0 Å². The molecule has 2 rings (SSSR count). The number of hydrogen-bond acceptors (Lipinski definition) is 3. The van der Waals surface area contributed by atoms with Crippen LogP contribution in [0.4, 0.5) is 0 Å². The molecule has 0 bridgehead atoms. The van der Waals surface area contributed by atoms with E-state index in [2.05, 4.69) is 12.2 Å². The summed E-state index contributed by atoms with van der Waals surface area (Å²) in [4.78, 5) is 22.2. The van der Waals surface area contributed by atoms with Crippen LogP contribution in [0.15, 0.2) is 11.1 Å². The Morgan fingerprint density at radius 3 is 2.69 bits per heavy atom. The summed E-state index contributed by atoms with van der Waals surface area (Å²) in [5.74, 6) is 0.587. The van der Waals surface area contributed by atoms with E-state index < -0.39 is 0 Å². The molecule has 2 aliphatic rings. The van der Waals surface area contributed by atoms with E-state index in [1.54, 1.807) is 0 Å². The molecule has 2 fully saturated rings. The van der Waals surface area contributed by atoms with E-state index in [0.29, 0.717) is 11.7 Å². The van der Waals surface area contributed by atoms with Crippen molar-refractivity contribution in [3.8, 4) is 0 Å². The summed E-state index contributed by atoms with van der Waals surface area (Å²) in [7, 11) is 0. The van der Waals surface area contributed by atoms with E-state index in [0.717, 1.165) is 17.7 Å². The molecule has 2 aliphatic heterocycles. The van der Waals surface area contributed by atoms with Crippen LogP contribution in [-0.4, -0.2) is 22.8 Å². The topological polar surface area (TPSA) is 46.2 Å². The third kappa shape index (κ3) is 1.63. The summed E-state index contributed by atoms with van der Waals surface area (Å²) < 4.78 is 0. The van der Waals surface area contributed by atoms with E-state index in [-0.39, 0.29) is 11.8 Å². The second-order valence-electron chi connectivity index (χ2n) is 3.46. The number of imide groups is 1. The lowest BCUT2D eigenvalue weighted by Crippen LogP contribution is -2.19. The van der Waals surface area contributed by atoms with E-state index >= 15 is 0 Å². The molecule has 2 heterocycles. The van der Waals surface area contributed by atoms with E-state index in [4.69, 9.17) is 0 Å². The highest BCUT2D eigenvalue weighted by Crippen LogP contribution is 2.34. The van der Waals surface area contributed by atoms with E-state index in [1.165, 1.54) is 5.57 Å². The molecule has 1 unspecified atom stereocenters. The monoisotopic (exact) mass is 197 g/mol. The number of amides is 2. The van der Waals surface area contributed by atoms with Gasteiger partial charge in [-0.3, -0.25) is 14.9 Å². The van der Waals surface area contributed by atoms with Crippen LogP contribution in [-0.2, 0) is 9.59 Å². The molecule has 0 aliphatic carbocycles. The van der Waals surface area contributed by atoms with Crippen molar-refractivity contribution in [3.05, 3.63) is 11.1 Å². The molecule has 3 nitrogen and oxygen atoms in total. The zero-order chi connectivity index (χ0) is 9.42. The first-order chi connectivity index (χ1) is 6.16. The van der Waals surface area contributed by atoms with E-state index in [1.807, 2.05) is 11.8 Å². The molecule has 0 aromatic rings. The van der Waals surface area contributed by atoms with Crippen LogP contribution in [0.2, 0.25) is 0 Å². The fraction of sp³-hybridized carbons (Fsp3) is 0.556. The van der Waals surface area contributed by atoms with Gasteiger partial charge in [0.2, 0.25) is 5.91 Å². The normalized spacial score (nSPS) is 34.1. The Balaban J connectivity index is 2.24. The Hall–Kier alpha value is -0.770. The van der Waals surface area contributed by atoms with Gasteiger partial charge in [0.1, 0.15) is 0 Å². The van der Waals surface area contributed by atoms with Gasteiger partial charge >= 0.3 is 0 Å². The summed E-state index contributed by atoms with van der Waals surface area (Å²) in [5.41, 5.74) is 1.89. The Morgan fingerprint density at radius 2 is 2.23 bits per heavy atom. The largest absolute Gasteiger partial charge is 0.292 e. The van der Waals surface area contributed by atoms with Gasteiger partial charge in [-0.1, -0.05) is 6.92 Å². The summed E-state index contributed by atoms with van der Waals surface area (Å²) >= 11 is 1.85. The summed E-state index contributed by atoms with van der Waals surface area (Å²) in [6.07, 6.45) is 1.25. The van der Waals surface area contributed by atoms with Gasteiger partial charge < -0.3 is 0 Å². The number of carbonyl (C=O) groups is 2. The first-order valence-corrected chi connectivity index (χ1v) is 5.38. The Bertz CT molecular complexity index is 309. The van der Waals surface area contributed by atoms with Crippen molar-refractivity contribution in [3.63, 3.8) is 0 Å². The molecule has 0 spiro atoms. The number of hydrogen-bond donors (Lipinski definition) is 1. The Kier molecular flexibility index (Phi) is 2.15. The molecule has 1 N–H and O–H groups in total. The third-order valence-electron chi connectivity index (χ3n) is 2.37. The standard InChI is InChI=1S/C9H11NO2S/c1-5-2-6(4-13-5)7-3-8(11)10-9(7)12/h5H,2-4H2,1H3,(H,10,11,12). The lowest BCUT2D eigenvalue weighted by molar-refractivity contribution is -0.124. The average molecular weight is 197 g/mol. The van der Waals surface area contributed by atoms with Gasteiger partial charge in [0.05, 0.1) is 6.42 Å². The Morgan fingerprint density at radius 1 is 1.46 bits per heavy atom. The van der Waals surface area contributed by atoms with Crippen molar-refractivity contribution in [2.75, 3.05) is 5.75 Å². The molecule has 0 aromatic heterocycles. The molecule has 2 saturated heterocycles. The fourth-order valence-electron chi connectivity index (χ4n) is 1.69. The van der Waals surface area contributed by atoms with Crippen molar-refractivity contribution in [1.82, 2.24) is 5.32 Å². The molecule has 0 radical (unpaired) electrons. The maximum Gasteiger partial charge on any atom is 0.254 e. The van der Waals surface area contributed by atoms with Gasteiger partial charge in [0.25, 0.3) is 5.91 Å². The molecule has 2 amide bonds. The zero-order valence-corrected chi connectivity index (χ0v) is 8.24. The second kappa shape index (κ2) is 3.18. The molecule has 0 saturated carbocycles. The maximum atomic E-state index is 11.3. The molecule has 4 heteroatoms. The first-order valence-electron chi connectivity index (χ1n) is 4.33. The van der Waals surface area contributed by atoms with Gasteiger partial charge in [-0.2, -0.15) is 11.8 Å². The van der Waals surface area contributed by atoms with Crippen LogP contribution in [0.25, 0.3) is 0 Å². The second-order valence-corrected chi connectivity index (χ2v) is 4.89. The van der Waals surface area contributed by atoms with Crippen LogP contribution in [0, 0.1) is 0 Å². The highest BCUT2D eigenvalue weighted by atomic mass is 32.2. The van der Waals surface area contributed by atoms with Crippen LogP contribution in [0.3, 0.4) is 0 Å². The highest BCUT2D eigenvalue weighted by Gasteiger charge is 2.29. The lowest BCUT2D eigenvalue weighted by Gasteiger charge is -1.98. The lowest BCUT2D eigenvalue weighted by atomic mass is 10.0. The summed E-state index contributed by atoms with van der Waals surface area (Å²) in [5, 5.41) is 2.90. The molecule has 0 aromatic carbocycles. The number of rotatable bonds is 0. The fourth-order valence-corrected chi connectivity index (χ4v) is 2.79. The van der Waals surface area contributed by atoms with Crippen molar-refractivity contribution < 1.29 is 9.59 Å². The minimum absolute atomic E-state index is 0.156. The van der Waals surface area contributed by atoms with Gasteiger partial charge in [-0.05, 0) is 12.0 Å². The smallest absolute Gasteiger partial charge is 0.254 e. The zero-order valence-electron chi connectivity index (χ0n) is 7.42. The van der Waals surface area contributed by atoms with Crippen molar-refractivity contribution in [2.24, 2.45) is 0 Å². The molecular weight excluding hydrogens is 186 g/mol. The van der Waals surface area contributed by atoms with Gasteiger partial charge in [0, 0.05) is 16.6 Å². The number of nitrogens with one attached hydrogen (secondary N) is 1. The maximum absolute atomic E-state index is 11.3. The predicted octanol–water partition coefficient (Wildman–Crippen LogP) is 0.855. The SMILES string of the molecule is CC1CC(=C2CC(=O)NC2=O)CS1. The minimum Gasteiger partial charge on any atom is -0.292 e. The van der Waals surface area contributed by atoms with Crippen molar-refractivity contribution in [2.45, 2.75) is 25.0 Å². The quantitative estimate of drug-likeness (QED) is 0.462. The van der Waals surface area contributed by atoms with Gasteiger partial charge in [0.15, 0.2) is 0 Å². The third-order valence-corrected chi connectivity index (χ3v) is 3.62. The van der Waals surface area contributed by atoms with Crippen molar-refractivity contribution >= 4 is 23.6 Å². The summed E-state index contributed by atoms with van der Waals surface area (Å²) in [6, 6.07) is 0. The first kappa shape index (κ1) is 8.81. The van der Waals surface area contributed by atoms with Gasteiger partial charge in [-0.25, -0.2) is 0 Å².